The van der Waals surface area contributed by atoms with Crippen molar-refractivity contribution < 1.29 is 8.83 Å². The molecule has 10 aromatic carbocycles. The number of hydrogen-bond acceptors (Lipinski definition) is 6. The predicted molar refractivity (Wildman–Crippen MR) is 274 cm³/mol. The number of rotatable bonds is 6. The molecule has 0 unspecified atom stereocenters. The van der Waals surface area contributed by atoms with E-state index in [2.05, 4.69) is 192 Å². The molecule has 0 amide bonds. The highest BCUT2D eigenvalue weighted by molar-refractivity contribution is 7.28. The van der Waals surface area contributed by atoms with Gasteiger partial charge in [0.05, 0.1) is 0 Å². The monoisotopic (exact) mass is 854 g/mol. The first kappa shape index (κ1) is 35.7. The lowest BCUT2D eigenvalue weighted by atomic mass is 10.0. The average Bonchev–Trinajstić information content (AvgIpc) is 4.12. The van der Waals surface area contributed by atoms with Crippen molar-refractivity contribution in [2.24, 2.45) is 0 Å². The van der Waals surface area contributed by atoms with E-state index >= 15 is 0 Å². The molecule has 0 bridgehead atoms. The zero-order valence-corrected chi connectivity index (χ0v) is 35.8. The van der Waals surface area contributed by atoms with Crippen LogP contribution in [-0.4, -0.2) is 0 Å². The van der Waals surface area contributed by atoms with Crippen LogP contribution in [0.3, 0.4) is 0 Å². The Morgan fingerprint density at radius 1 is 0.250 bits per heavy atom. The second-order valence-electron chi connectivity index (χ2n) is 16.4. The summed E-state index contributed by atoms with van der Waals surface area (Å²) in [4.78, 5) is 4.67. The summed E-state index contributed by atoms with van der Waals surface area (Å²) in [6, 6.07) is 74.1. The lowest BCUT2D eigenvalue weighted by Crippen LogP contribution is -2.09. The number of para-hydroxylation sites is 4. The molecule has 6 heteroatoms. The Labute approximate surface area is 374 Å². The van der Waals surface area contributed by atoms with E-state index in [0.29, 0.717) is 0 Å². The van der Waals surface area contributed by atoms with Crippen LogP contribution in [-0.2, 0) is 0 Å². The van der Waals surface area contributed by atoms with E-state index in [1.165, 1.54) is 51.1 Å². The topological polar surface area (TPSA) is 32.8 Å². The molecule has 0 aliphatic rings. The third kappa shape index (κ3) is 5.40. The van der Waals surface area contributed by atoms with Crippen LogP contribution in [0.1, 0.15) is 0 Å². The van der Waals surface area contributed by atoms with Crippen molar-refractivity contribution in [3.8, 4) is 0 Å². The summed E-state index contributed by atoms with van der Waals surface area (Å²) in [5.41, 5.74) is 10.1. The van der Waals surface area contributed by atoms with Gasteiger partial charge in [-0.05, 0) is 84.9 Å². The minimum Gasteiger partial charge on any atom is -0.456 e. The molecule has 0 saturated carbocycles. The molecule has 0 spiro atoms. The number of anilines is 6. The molecule has 0 atom stereocenters. The normalized spacial score (nSPS) is 12.1. The average molecular weight is 855 g/mol. The smallest absolute Gasteiger partial charge is 0.137 e. The van der Waals surface area contributed by atoms with Gasteiger partial charge in [-0.3, -0.25) is 0 Å². The van der Waals surface area contributed by atoms with Gasteiger partial charge in [0.25, 0.3) is 0 Å². The fourth-order valence-electron chi connectivity index (χ4n) is 9.88. The summed E-state index contributed by atoms with van der Waals surface area (Å²) in [5, 5.41) is 12.2. The van der Waals surface area contributed by atoms with Crippen molar-refractivity contribution in [1.82, 2.24) is 0 Å². The lowest BCUT2D eigenvalue weighted by Gasteiger charge is -2.25. The number of nitrogens with zero attached hydrogens (tertiary/aromatic N) is 2. The number of furan rings is 2. The van der Waals surface area contributed by atoms with E-state index in [1.807, 2.05) is 46.9 Å². The number of fused-ring (bicyclic) bond motifs is 15. The van der Waals surface area contributed by atoms with Crippen LogP contribution in [0, 0.1) is 0 Å². The van der Waals surface area contributed by atoms with Crippen molar-refractivity contribution >= 4 is 152 Å². The van der Waals surface area contributed by atoms with E-state index in [1.54, 1.807) is 0 Å². The van der Waals surface area contributed by atoms with Crippen LogP contribution in [0.15, 0.2) is 215 Å². The molecule has 0 aliphatic carbocycles. The summed E-state index contributed by atoms with van der Waals surface area (Å²) in [6.45, 7) is 0. The summed E-state index contributed by atoms with van der Waals surface area (Å²) in [6.07, 6.45) is 0. The third-order valence-corrected chi connectivity index (χ3v) is 15.2. The first-order valence-corrected chi connectivity index (χ1v) is 23.1. The van der Waals surface area contributed by atoms with Gasteiger partial charge >= 0.3 is 0 Å². The van der Waals surface area contributed by atoms with Crippen molar-refractivity contribution in [2.45, 2.75) is 0 Å². The Morgan fingerprint density at radius 3 is 1.02 bits per heavy atom. The second-order valence-corrected chi connectivity index (χ2v) is 18.5. The van der Waals surface area contributed by atoms with Crippen molar-refractivity contribution in [1.29, 1.82) is 0 Å². The molecule has 64 heavy (non-hydrogen) atoms. The quantitative estimate of drug-likeness (QED) is 0.167. The molecule has 300 valence electrons. The van der Waals surface area contributed by atoms with Gasteiger partial charge in [-0.2, -0.15) is 0 Å². The van der Waals surface area contributed by atoms with E-state index < -0.39 is 0 Å². The van der Waals surface area contributed by atoms with Crippen LogP contribution >= 0.6 is 22.7 Å². The Bertz CT molecular complexity index is 3890. The Kier molecular flexibility index (Phi) is 7.69. The van der Waals surface area contributed by atoms with Crippen molar-refractivity contribution in [3.63, 3.8) is 0 Å². The molecule has 14 rings (SSSR count). The molecule has 14 aromatic rings. The van der Waals surface area contributed by atoms with E-state index in [4.69, 9.17) is 8.83 Å². The molecular weight excluding hydrogens is 821 g/mol. The maximum atomic E-state index is 6.36. The minimum absolute atomic E-state index is 0.882. The summed E-state index contributed by atoms with van der Waals surface area (Å²) in [5.74, 6) is 0. The van der Waals surface area contributed by atoms with Gasteiger partial charge in [-0.15, -0.1) is 22.7 Å². The predicted octanol–water partition coefficient (Wildman–Crippen LogP) is 18.3. The number of benzene rings is 10. The van der Waals surface area contributed by atoms with Gasteiger partial charge in [-0.25, -0.2) is 0 Å². The van der Waals surface area contributed by atoms with Crippen LogP contribution in [0.25, 0.3) is 95.0 Å². The van der Waals surface area contributed by atoms with Crippen LogP contribution in [0.4, 0.5) is 34.1 Å². The summed E-state index contributed by atoms with van der Waals surface area (Å²) >= 11 is 3.77. The molecule has 4 nitrogen and oxygen atoms in total. The van der Waals surface area contributed by atoms with Crippen LogP contribution < -0.4 is 9.80 Å². The van der Waals surface area contributed by atoms with Gasteiger partial charge in [0.1, 0.15) is 22.3 Å². The van der Waals surface area contributed by atoms with Crippen molar-refractivity contribution in [3.05, 3.63) is 206 Å². The van der Waals surface area contributed by atoms with Gasteiger partial charge in [0.15, 0.2) is 0 Å². The third-order valence-electron chi connectivity index (χ3n) is 12.8. The summed E-state index contributed by atoms with van der Waals surface area (Å²) < 4.78 is 17.9. The second kappa shape index (κ2) is 13.8. The molecule has 4 aromatic heterocycles. The van der Waals surface area contributed by atoms with Crippen molar-refractivity contribution in [2.75, 3.05) is 9.80 Å². The molecule has 0 aliphatic heterocycles. The van der Waals surface area contributed by atoms with E-state index in [0.717, 1.165) is 78.0 Å². The summed E-state index contributed by atoms with van der Waals surface area (Å²) in [7, 11) is 0. The highest BCUT2D eigenvalue weighted by atomic mass is 32.1. The van der Waals surface area contributed by atoms with Crippen LogP contribution in [0.5, 0.6) is 0 Å². The minimum atomic E-state index is 0.882. The Morgan fingerprint density at radius 2 is 0.578 bits per heavy atom. The molecular formula is C58H34N2O2S2. The van der Waals surface area contributed by atoms with E-state index in [9.17, 15) is 0 Å². The zero-order valence-electron chi connectivity index (χ0n) is 34.2. The zero-order chi connectivity index (χ0) is 41.9. The lowest BCUT2D eigenvalue weighted by molar-refractivity contribution is 0.668. The molecule has 0 fully saturated rings. The van der Waals surface area contributed by atoms with Gasteiger partial charge in [-0.1, -0.05) is 109 Å². The molecule has 0 saturated heterocycles. The maximum Gasteiger partial charge on any atom is 0.137 e. The molecule has 0 N–H and O–H groups in total. The Hall–Kier alpha value is -7.90. The molecule has 0 radical (unpaired) electrons. The Balaban J connectivity index is 0.884. The molecule has 4 heterocycles. The SMILES string of the molecule is c1ccc(N(c2ccc3c(c2)oc2ccccc23)c2ccc3c(c2)sc2c3ccc3c2ccc2c4ccc(N(c5ccccc5)c5ccc6c(c5)oc5ccccc56)cc4sc23)cc1. The fourth-order valence-corrected chi connectivity index (χ4v) is 12.4. The first-order chi connectivity index (χ1) is 31.7. The van der Waals surface area contributed by atoms with Gasteiger partial charge in [0, 0.05) is 119 Å². The van der Waals surface area contributed by atoms with Gasteiger partial charge in [0.2, 0.25) is 0 Å². The standard InChI is InChI=1S/C58H34N2O2S2/c1-3-11-35(12-4-1)59(37-19-23-43-41-15-7-9-17-51(41)61-53(43)31-37)39-21-25-45-47-27-29-50-49(57(47)63-55(45)33-39)30-28-48-46-26-22-40(34-56(46)64-58(48)50)60(36-13-5-2-6-14-36)38-20-24-44-42-16-8-10-18-52(42)62-54(44)32-38/h1-34H. The highest BCUT2D eigenvalue weighted by Gasteiger charge is 2.20. The number of hydrogen-bond donors (Lipinski definition) is 0. The maximum absolute atomic E-state index is 6.36. The highest BCUT2D eigenvalue weighted by Crippen LogP contribution is 2.48. The first-order valence-electron chi connectivity index (χ1n) is 21.5. The fraction of sp³-hybridized carbons (Fsp3) is 0. The van der Waals surface area contributed by atoms with E-state index in [-0.39, 0.29) is 0 Å². The van der Waals surface area contributed by atoms with Crippen LogP contribution in [0.2, 0.25) is 0 Å². The van der Waals surface area contributed by atoms with Gasteiger partial charge < -0.3 is 18.6 Å². The largest absolute Gasteiger partial charge is 0.456 e. The number of thiophene rings is 2.